The Morgan fingerprint density at radius 2 is 2.04 bits per heavy atom. The molecule has 28 heavy (non-hydrogen) atoms. The molecule has 2 aromatic heterocycles. The van der Waals surface area contributed by atoms with Gasteiger partial charge in [-0.1, -0.05) is 18.2 Å². The van der Waals surface area contributed by atoms with Crippen LogP contribution in [0.25, 0.3) is 11.0 Å². The highest BCUT2D eigenvalue weighted by atomic mass is 16.5. The summed E-state index contributed by atoms with van der Waals surface area (Å²) in [5.41, 5.74) is 1.84. The predicted molar refractivity (Wildman–Crippen MR) is 111 cm³/mol. The molecule has 0 saturated heterocycles. The third kappa shape index (κ3) is 4.67. The minimum atomic E-state index is 0.537. The first kappa shape index (κ1) is 19.4. The van der Waals surface area contributed by atoms with Crippen LogP contribution in [0.3, 0.4) is 0 Å². The molecule has 0 aliphatic rings. The fraction of sp³-hybridized carbons (Fsp3) is 0.368. The van der Waals surface area contributed by atoms with Crippen LogP contribution >= 0.6 is 0 Å². The summed E-state index contributed by atoms with van der Waals surface area (Å²) in [6.45, 7) is 4.73. The maximum absolute atomic E-state index is 5.38. The van der Waals surface area contributed by atoms with E-state index in [1.807, 2.05) is 38.2 Å². The van der Waals surface area contributed by atoms with Gasteiger partial charge in [0.2, 0.25) is 0 Å². The standard InChI is InChI=1S/C19H26N8O/c1-4-20-19(23-11-14-7-5-6-8-16(14)28-3)22-10-9-21-17-15-12-26-27(2)18(15)25-13-24-17/h5-8,12-13H,4,9-11H2,1-3H3,(H2,20,22,23)(H,21,24,25). The second-order valence-electron chi connectivity index (χ2n) is 6.09. The lowest BCUT2D eigenvalue weighted by Gasteiger charge is -2.13. The highest BCUT2D eigenvalue weighted by Gasteiger charge is 2.07. The monoisotopic (exact) mass is 382 g/mol. The first-order valence-corrected chi connectivity index (χ1v) is 9.23. The molecule has 0 amide bonds. The van der Waals surface area contributed by atoms with E-state index in [1.54, 1.807) is 24.3 Å². The zero-order valence-corrected chi connectivity index (χ0v) is 16.4. The Balaban J connectivity index is 1.56. The van der Waals surface area contributed by atoms with Crippen LogP contribution in [0.15, 0.2) is 41.8 Å². The Morgan fingerprint density at radius 3 is 2.86 bits per heavy atom. The molecule has 0 bridgehead atoms. The maximum Gasteiger partial charge on any atom is 0.191 e. The summed E-state index contributed by atoms with van der Waals surface area (Å²) in [4.78, 5) is 13.2. The van der Waals surface area contributed by atoms with Crippen molar-refractivity contribution >= 4 is 22.8 Å². The van der Waals surface area contributed by atoms with Gasteiger partial charge < -0.3 is 20.7 Å². The molecule has 1 aromatic carbocycles. The molecule has 0 aliphatic carbocycles. The van der Waals surface area contributed by atoms with Gasteiger partial charge in [0.1, 0.15) is 17.9 Å². The van der Waals surface area contributed by atoms with Gasteiger partial charge in [-0.2, -0.15) is 5.10 Å². The quantitative estimate of drug-likeness (QED) is 0.309. The van der Waals surface area contributed by atoms with E-state index >= 15 is 0 Å². The van der Waals surface area contributed by atoms with E-state index in [4.69, 9.17) is 4.74 Å². The lowest BCUT2D eigenvalue weighted by atomic mass is 10.2. The molecule has 9 nitrogen and oxygen atoms in total. The molecule has 0 radical (unpaired) electrons. The zero-order valence-electron chi connectivity index (χ0n) is 16.4. The van der Waals surface area contributed by atoms with E-state index < -0.39 is 0 Å². The molecule has 0 saturated carbocycles. The number of nitrogens with one attached hydrogen (secondary N) is 3. The third-order valence-corrected chi connectivity index (χ3v) is 4.18. The number of hydrogen-bond acceptors (Lipinski definition) is 6. The molecular weight excluding hydrogens is 356 g/mol. The molecule has 3 rings (SSSR count). The molecule has 148 valence electrons. The number of aliphatic imine (C=N–C) groups is 1. The Kier molecular flexibility index (Phi) is 6.61. The minimum absolute atomic E-state index is 0.537. The van der Waals surface area contributed by atoms with Gasteiger partial charge in [0, 0.05) is 32.2 Å². The second-order valence-corrected chi connectivity index (χ2v) is 6.09. The molecule has 0 fully saturated rings. The number of para-hydroxylation sites is 1. The number of nitrogens with zero attached hydrogens (tertiary/aromatic N) is 5. The summed E-state index contributed by atoms with van der Waals surface area (Å²) >= 11 is 0. The van der Waals surface area contributed by atoms with Crippen molar-refractivity contribution in [2.45, 2.75) is 13.5 Å². The van der Waals surface area contributed by atoms with E-state index in [-0.39, 0.29) is 0 Å². The summed E-state index contributed by atoms with van der Waals surface area (Å²) in [5.74, 6) is 2.37. The Morgan fingerprint density at radius 1 is 1.18 bits per heavy atom. The Bertz CT molecular complexity index is 937. The number of aromatic nitrogens is 4. The molecule has 0 unspecified atom stereocenters. The van der Waals surface area contributed by atoms with Crippen LogP contribution in [-0.4, -0.2) is 52.5 Å². The van der Waals surface area contributed by atoms with E-state index in [0.29, 0.717) is 19.6 Å². The fourth-order valence-electron chi connectivity index (χ4n) is 2.80. The number of rotatable bonds is 8. The molecular formula is C19H26N8O. The van der Waals surface area contributed by atoms with Gasteiger partial charge in [0.05, 0.1) is 25.2 Å². The van der Waals surface area contributed by atoms with E-state index in [1.165, 1.54) is 0 Å². The number of methoxy groups -OCH3 is 1. The van der Waals surface area contributed by atoms with Crippen LogP contribution < -0.4 is 20.7 Å². The molecule has 0 spiro atoms. The first-order chi connectivity index (χ1) is 13.7. The van der Waals surface area contributed by atoms with E-state index in [2.05, 4.69) is 36.0 Å². The smallest absolute Gasteiger partial charge is 0.191 e. The molecule has 0 atom stereocenters. The van der Waals surface area contributed by atoms with Gasteiger partial charge in [-0.15, -0.1) is 0 Å². The number of anilines is 1. The highest BCUT2D eigenvalue weighted by Crippen LogP contribution is 2.18. The molecule has 9 heteroatoms. The topological polar surface area (TPSA) is 101 Å². The Hall–Kier alpha value is -3.36. The number of hydrogen-bond donors (Lipinski definition) is 3. The molecule has 3 N–H and O–H groups in total. The number of guanidine groups is 1. The summed E-state index contributed by atoms with van der Waals surface area (Å²) in [5, 5.41) is 15.0. The minimum Gasteiger partial charge on any atom is -0.496 e. The van der Waals surface area contributed by atoms with Gasteiger partial charge in [-0.25, -0.2) is 15.0 Å². The first-order valence-electron chi connectivity index (χ1n) is 9.23. The summed E-state index contributed by atoms with van der Waals surface area (Å²) < 4.78 is 7.11. The lowest BCUT2D eigenvalue weighted by Crippen LogP contribution is -2.39. The van der Waals surface area contributed by atoms with Crippen LogP contribution in [0.1, 0.15) is 12.5 Å². The predicted octanol–water partition coefficient (Wildman–Crippen LogP) is 1.54. The van der Waals surface area contributed by atoms with Crippen molar-refractivity contribution in [2.75, 3.05) is 32.1 Å². The largest absolute Gasteiger partial charge is 0.496 e. The van der Waals surface area contributed by atoms with Gasteiger partial charge >= 0.3 is 0 Å². The number of aryl methyl sites for hydroxylation is 1. The summed E-state index contributed by atoms with van der Waals surface area (Å²) in [6, 6.07) is 7.89. The van der Waals surface area contributed by atoms with Crippen LogP contribution in [0.4, 0.5) is 5.82 Å². The van der Waals surface area contributed by atoms with Gasteiger partial charge in [-0.3, -0.25) is 4.68 Å². The van der Waals surface area contributed by atoms with Gasteiger partial charge in [0.25, 0.3) is 0 Å². The fourth-order valence-corrected chi connectivity index (χ4v) is 2.80. The van der Waals surface area contributed by atoms with Crippen molar-refractivity contribution in [1.82, 2.24) is 30.4 Å². The van der Waals surface area contributed by atoms with Crippen LogP contribution in [0.2, 0.25) is 0 Å². The van der Waals surface area contributed by atoms with Crippen LogP contribution in [0, 0.1) is 0 Å². The Labute approximate surface area is 164 Å². The normalized spacial score (nSPS) is 11.5. The van der Waals surface area contributed by atoms with Crippen molar-refractivity contribution in [1.29, 1.82) is 0 Å². The van der Waals surface area contributed by atoms with E-state index in [0.717, 1.165) is 40.7 Å². The second kappa shape index (κ2) is 9.54. The SMILES string of the molecule is CCNC(=NCc1ccccc1OC)NCCNc1ncnc2c1cnn2C. The van der Waals surface area contributed by atoms with Crippen LogP contribution in [0.5, 0.6) is 5.75 Å². The average molecular weight is 382 g/mol. The molecule has 0 aliphatic heterocycles. The third-order valence-electron chi connectivity index (χ3n) is 4.18. The van der Waals surface area contributed by atoms with Crippen molar-refractivity contribution in [3.05, 3.63) is 42.4 Å². The summed E-state index contributed by atoms with van der Waals surface area (Å²) in [7, 11) is 3.53. The van der Waals surface area contributed by atoms with Crippen LogP contribution in [-0.2, 0) is 13.6 Å². The van der Waals surface area contributed by atoms with Crippen molar-refractivity contribution in [2.24, 2.45) is 12.0 Å². The lowest BCUT2D eigenvalue weighted by molar-refractivity contribution is 0.410. The van der Waals surface area contributed by atoms with Gasteiger partial charge in [0.15, 0.2) is 11.6 Å². The average Bonchev–Trinajstić information content (AvgIpc) is 3.11. The highest BCUT2D eigenvalue weighted by molar-refractivity contribution is 5.86. The number of benzene rings is 1. The van der Waals surface area contributed by atoms with E-state index in [9.17, 15) is 0 Å². The molecule has 3 aromatic rings. The van der Waals surface area contributed by atoms with Crippen molar-refractivity contribution < 1.29 is 4.74 Å². The maximum atomic E-state index is 5.38. The summed E-state index contributed by atoms with van der Waals surface area (Å²) in [6.07, 6.45) is 3.31. The number of ether oxygens (including phenoxy) is 1. The van der Waals surface area contributed by atoms with Crippen molar-refractivity contribution in [3.8, 4) is 5.75 Å². The van der Waals surface area contributed by atoms with Gasteiger partial charge in [-0.05, 0) is 13.0 Å². The molecule has 2 heterocycles. The number of fused-ring (bicyclic) bond motifs is 1. The zero-order chi connectivity index (χ0) is 19.8. The van der Waals surface area contributed by atoms with Crippen molar-refractivity contribution in [3.63, 3.8) is 0 Å².